The van der Waals surface area contributed by atoms with Gasteiger partial charge in [-0.15, -0.1) is 0 Å². The molecule has 3 heterocycles. The average molecular weight is 561 g/mol. The molecule has 1 aliphatic rings. The first-order valence-electron chi connectivity index (χ1n) is 10.8. The number of carbonyl (C=O) groups is 2. The van der Waals surface area contributed by atoms with E-state index in [-0.39, 0.29) is 5.91 Å². The number of aromatic nitrogens is 2. The Bertz CT molecular complexity index is 1450. The highest BCUT2D eigenvalue weighted by atomic mass is 79.9. The molecule has 186 valence electrons. The molecule has 0 saturated heterocycles. The van der Waals surface area contributed by atoms with Crippen LogP contribution in [0.2, 0.25) is 0 Å². The first-order chi connectivity index (χ1) is 17.0. The van der Waals surface area contributed by atoms with Gasteiger partial charge in [0, 0.05) is 45.5 Å². The summed E-state index contributed by atoms with van der Waals surface area (Å²) in [4.78, 5) is 29.4. The van der Waals surface area contributed by atoms with E-state index in [0.717, 1.165) is 61.4 Å². The van der Waals surface area contributed by atoms with E-state index in [1.165, 1.54) is 0 Å². The Hall–Kier alpha value is -3.86. The molecule has 7 nitrogen and oxygen atoms in total. The number of H-pyrrole nitrogens is 1. The fourth-order valence-electron chi connectivity index (χ4n) is 3.76. The Morgan fingerprint density at radius 3 is 2.44 bits per heavy atom. The van der Waals surface area contributed by atoms with E-state index < -0.39 is 12.1 Å². The summed E-state index contributed by atoms with van der Waals surface area (Å²) in [6.07, 6.45) is -4.27. The van der Waals surface area contributed by atoms with Gasteiger partial charge >= 0.3 is 12.1 Å². The van der Waals surface area contributed by atoms with Gasteiger partial charge in [0.2, 0.25) is 0 Å². The van der Waals surface area contributed by atoms with Crippen LogP contribution in [0.25, 0.3) is 22.2 Å². The van der Waals surface area contributed by atoms with Crippen molar-refractivity contribution in [1.82, 2.24) is 15.3 Å². The number of para-hydroxylation sites is 1. The predicted molar refractivity (Wildman–Crippen MR) is 133 cm³/mol. The second-order valence-corrected chi connectivity index (χ2v) is 8.96. The van der Waals surface area contributed by atoms with Gasteiger partial charge in [0.25, 0.3) is 5.91 Å². The molecular formula is C25H20BrF3N4O3. The number of fused-ring (bicyclic) bond motifs is 2. The standard InChI is InChI=1S/C23H19BrN4O.C2HF3O2/c1-13-11-14-3-2-4-17(20-12-18-19(27-20)9-10-25-23(18)29)21(14)28-22(13)26-16-7-5-15(24)6-8-16;3-2(4,5)1(6)7/h2-8,11-12,27H,9-10H2,1H3,(H,25,29)(H,26,28);(H,6,7). The quantitative estimate of drug-likeness (QED) is 0.247. The maximum atomic E-state index is 12.2. The number of halogens is 4. The number of aromatic amines is 1. The number of aliphatic carboxylic acids is 1. The Morgan fingerprint density at radius 2 is 1.81 bits per heavy atom. The summed E-state index contributed by atoms with van der Waals surface area (Å²) in [6, 6.07) is 18.2. The second-order valence-electron chi connectivity index (χ2n) is 8.05. The highest BCUT2D eigenvalue weighted by molar-refractivity contribution is 9.10. The molecular weight excluding hydrogens is 541 g/mol. The van der Waals surface area contributed by atoms with E-state index in [4.69, 9.17) is 14.9 Å². The van der Waals surface area contributed by atoms with Gasteiger partial charge < -0.3 is 20.7 Å². The summed E-state index contributed by atoms with van der Waals surface area (Å²) in [5.74, 6) is -1.95. The van der Waals surface area contributed by atoms with Crippen LogP contribution < -0.4 is 10.6 Å². The Kier molecular flexibility index (Phi) is 7.02. The third-order valence-corrected chi connectivity index (χ3v) is 6.01. The highest BCUT2D eigenvalue weighted by Gasteiger charge is 2.38. The molecule has 36 heavy (non-hydrogen) atoms. The summed E-state index contributed by atoms with van der Waals surface area (Å²) in [7, 11) is 0. The molecule has 0 aliphatic carbocycles. The number of hydrogen-bond donors (Lipinski definition) is 4. The van der Waals surface area contributed by atoms with Crippen LogP contribution in [0.3, 0.4) is 0 Å². The molecule has 1 amide bonds. The number of carbonyl (C=O) groups excluding carboxylic acids is 1. The molecule has 0 spiro atoms. The molecule has 1 aliphatic heterocycles. The zero-order chi connectivity index (χ0) is 26.0. The Balaban J connectivity index is 0.000000384. The number of amides is 1. The van der Waals surface area contributed by atoms with Crippen LogP contribution in [0.4, 0.5) is 24.7 Å². The van der Waals surface area contributed by atoms with Crippen LogP contribution in [0.15, 0.2) is 59.1 Å². The molecule has 0 saturated carbocycles. The van der Waals surface area contributed by atoms with E-state index in [9.17, 15) is 18.0 Å². The number of anilines is 2. The van der Waals surface area contributed by atoms with Crippen LogP contribution in [0, 0.1) is 6.92 Å². The molecule has 0 atom stereocenters. The van der Waals surface area contributed by atoms with Crippen molar-refractivity contribution in [2.45, 2.75) is 19.5 Å². The number of hydrogen-bond acceptors (Lipinski definition) is 4. The van der Waals surface area contributed by atoms with Crippen molar-refractivity contribution in [1.29, 1.82) is 0 Å². The Labute approximate surface area is 211 Å². The molecule has 0 unspecified atom stereocenters. The minimum absolute atomic E-state index is 0.0182. The third kappa shape index (κ3) is 5.51. The number of aryl methyl sites for hydroxylation is 1. The molecule has 4 aromatic rings. The van der Waals surface area contributed by atoms with Gasteiger partial charge in [0.05, 0.1) is 11.1 Å². The number of carboxylic acid groups (broad SMARTS) is 1. The van der Waals surface area contributed by atoms with Crippen molar-refractivity contribution in [2.24, 2.45) is 0 Å². The summed E-state index contributed by atoms with van der Waals surface area (Å²) < 4.78 is 32.8. The number of rotatable bonds is 3. The minimum atomic E-state index is -5.08. The number of nitrogens with one attached hydrogen (secondary N) is 3. The van der Waals surface area contributed by atoms with Crippen molar-refractivity contribution >= 4 is 50.2 Å². The molecule has 0 bridgehead atoms. The SMILES string of the molecule is Cc1cc2cccc(-c3cc4c([nH]3)CCNC4=O)c2nc1Nc1ccc(Br)cc1.O=C(O)C(F)(F)F. The van der Waals surface area contributed by atoms with Gasteiger partial charge in [-0.1, -0.05) is 34.1 Å². The van der Waals surface area contributed by atoms with Crippen molar-refractivity contribution in [3.63, 3.8) is 0 Å². The van der Waals surface area contributed by atoms with Crippen molar-refractivity contribution in [2.75, 3.05) is 11.9 Å². The summed E-state index contributed by atoms with van der Waals surface area (Å²) in [5, 5.41) is 14.5. The molecule has 5 rings (SSSR count). The molecule has 0 fully saturated rings. The topological polar surface area (TPSA) is 107 Å². The molecule has 4 N–H and O–H groups in total. The van der Waals surface area contributed by atoms with E-state index in [1.54, 1.807) is 0 Å². The summed E-state index contributed by atoms with van der Waals surface area (Å²) in [6.45, 7) is 2.72. The van der Waals surface area contributed by atoms with Gasteiger partial charge in [0.15, 0.2) is 0 Å². The smallest absolute Gasteiger partial charge is 0.475 e. The van der Waals surface area contributed by atoms with Crippen molar-refractivity contribution in [3.8, 4) is 11.3 Å². The van der Waals surface area contributed by atoms with E-state index in [1.807, 2.05) is 42.5 Å². The van der Waals surface area contributed by atoms with Crippen molar-refractivity contribution in [3.05, 3.63) is 75.9 Å². The van der Waals surface area contributed by atoms with Gasteiger partial charge in [-0.25, -0.2) is 9.78 Å². The lowest BCUT2D eigenvalue weighted by Crippen LogP contribution is -2.31. The third-order valence-electron chi connectivity index (χ3n) is 5.48. The van der Waals surface area contributed by atoms with Crippen molar-refractivity contribution < 1.29 is 27.9 Å². The molecule has 2 aromatic carbocycles. The van der Waals surface area contributed by atoms with Crippen LogP contribution in [0.1, 0.15) is 21.6 Å². The number of alkyl halides is 3. The summed E-state index contributed by atoms with van der Waals surface area (Å²) in [5.41, 5.74) is 6.57. The zero-order valence-corrected chi connectivity index (χ0v) is 20.4. The molecule has 0 radical (unpaired) electrons. The number of carboxylic acids is 1. The lowest BCUT2D eigenvalue weighted by atomic mass is 10.0. The largest absolute Gasteiger partial charge is 0.490 e. The second kappa shape index (κ2) is 10.0. The van der Waals surface area contributed by atoms with Crippen LogP contribution in [-0.4, -0.2) is 39.7 Å². The monoisotopic (exact) mass is 560 g/mol. The fourth-order valence-corrected chi connectivity index (χ4v) is 4.02. The first-order valence-corrected chi connectivity index (χ1v) is 11.6. The normalized spacial score (nSPS) is 12.9. The molecule has 2 aromatic heterocycles. The average Bonchev–Trinajstić information content (AvgIpc) is 3.26. The van der Waals surface area contributed by atoms with Gasteiger partial charge in [-0.3, -0.25) is 4.79 Å². The fraction of sp³-hybridized carbons (Fsp3) is 0.160. The first kappa shape index (κ1) is 25.2. The number of pyridine rings is 1. The lowest BCUT2D eigenvalue weighted by Gasteiger charge is -2.12. The van der Waals surface area contributed by atoms with E-state index in [0.29, 0.717) is 6.54 Å². The van der Waals surface area contributed by atoms with Crippen LogP contribution in [0.5, 0.6) is 0 Å². The highest BCUT2D eigenvalue weighted by Crippen LogP contribution is 2.32. The molecule has 11 heteroatoms. The maximum Gasteiger partial charge on any atom is 0.490 e. The van der Waals surface area contributed by atoms with Gasteiger partial charge in [-0.2, -0.15) is 13.2 Å². The Morgan fingerprint density at radius 1 is 1.11 bits per heavy atom. The predicted octanol–water partition coefficient (Wildman–Crippen LogP) is 5.96. The lowest BCUT2D eigenvalue weighted by molar-refractivity contribution is -0.192. The maximum absolute atomic E-state index is 12.2. The number of nitrogens with zero attached hydrogens (tertiary/aromatic N) is 1. The van der Waals surface area contributed by atoms with Gasteiger partial charge in [0.1, 0.15) is 5.82 Å². The minimum Gasteiger partial charge on any atom is -0.475 e. The number of benzene rings is 2. The summed E-state index contributed by atoms with van der Waals surface area (Å²) >= 11 is 3.47. The van der Waals surface area contributed by atoms with Crippen LogP contribution >= 0.6 is 15.9 Å². The van der Waals surface area contributed by atoms with Gasteiger partial charge in [-0.05, 0) is 48.9 Å². The van der Waals surface area contributed by atoms with E-state index in [2.05, 4.69) is 50.6 Å². The zero-order valence-electron chi connectivity index (χ0n) is 18.8. The van der Waals surface area contributed by atoms with Crippen LogP contribution in [-0.2, 0) is 11.2 Å². The van der Waals surface area contributed by atoms with E-state index >= 15 is 0 Å².